The van der Waals surface area contributed by atoms with Crippen molar-refractivity contribution in [3.8, 4) is 0 Å². The van der Waals surface area contributed by atoms with Crippen LogP contribution in [0.5, 0.6) is 0 Å². The summed E-state index contributed by atoms with van der Waals surface area (Å²) in [7, 11) is 4.82. The van der Waals surface area contributed by atoms with Crippen molar-refractivity contribution in [2.45, 2.75) is 193 Å². The van der Waals surface area contributed by atoms with Crippen molar-refractivity contribution in [2.24, 2.45) is 52.3 Å². The van der Waals surface area contributed by atoms with Gasteiger partial charge in [0.1, 0.15) is 50.1 Å². The van der Waals surface area contributed by atoms with Gasteiger partial charge in [-0.1, -0.05) is 65.8 Å². The van der Waals surface area contributed by atoms with Crippen molar-refractivity contribution in [1.82, 2.24) is 15.2 Å². The third-order valence-corrected chi connectivity index (χ3v) is 15.9. The third-order valence-electron chi connectivity index (χ3n) is 10.1. The van der Waals surface area contributed by atoms with Crippen molar-refractivity contribution >= 4 is 104 Å². The lowest BCUT2D eigenvalue weighted by Gasteiger charge is -2.22. The number of rotatable bonds is 33. The lowest BCUT2D eigenvalue weighted by Crippen LogP contribution is -2.41. The largest absolute Gasteiger partial charge is 0.466 e. The average Bonchev–Trinajstić information content (AvgIpc) is 3.33. The molecule has 0 atom stereocenters. The molecule has 0 saturated carbocycles. The van der Waals surface area contributed by atoms with E-state index in [0.717, 1.165) is 78.7 Å². The second-order valence-electron chi connectivity index (χ2n) is 23.8. The Kier molecular flexibility index (Phi) is 63.8. The monoisotopic (exact) mass is 1240 g/mol. The number of Topliss-reactive ketones (excluding diaryl/α,β-unsaturated/α-hetero) is 4. The molecule has 0 unspecified atom stereocenters. The van der Waals surface area contributed by atoms with Crippen LogP contribution in [0.15, 0.2) is 35.1 Å². The molecule has 0 amide bonds. The number of nitrogens with one attached hydrogen (secondary N) is 1. The van der Waals surface area contributed by atoms with Gasteiger partial charge >= 0.3 is 5.97 Å². The SMILES string of the molecule is CC(=O)C/C(C)=N/N(C)C.CC(=O)CC(C)=NCCN.CC(=O)CC(C)=NCCN(C)C.CC(CC(=O)[Si](C)(C)C)=NCCN.CCCN=C(C)CC(=O)OCC.CNCCN=C(C)CC(C)=O.C[Si](C)(C)C(=O)CC(=NCCN)[Si](C)(C)C. The summed E-state index contributed by atoms with van der Waals surface area (Å²) in [6.45, 7) is 48.7. The predicted octanol–water partition coefficient (Wildman–Crippen LogP) is 8.08. The number of esters is 1. The van der Waals surface area contributed by atoms with Gasteiger partial charge in [-0.3, -0.25) is 53.9 Å². The first-order chi connectivity index (χ1) is 38.5. The van der Waals surface area contributed by atoms with Crippen LogP contribution < -0.4 is 22.5 Å². The van der Waals surface area contributed by atoms with E-state index in [0.29, 0.717) is 102 Å². The van der Waals surface area contributed by atoms with Crippen molar-refractivity contribution < 1.29 is 38.3 Å². The minimum absolute atomic E-state index is 0.151. The molecule has 0 aliphatic rings. The summed E-state index contributed by atoms with van der Waals surface area (Å²) in [5.74, 6) is 0.480. The number of hydrogen-bond acceptors (Lipinski definition) is 21. The second-order valence-corrected chi connectivity index (χ2v) is 39.0. The molecule has 0 spiro atoms. The fourth-order valence-electron chi connectivity index (χ4n) is 5.80. The molecule has 490 valence electrons. The molecule has 0 aromatic carbocycles. The molecular weight excluding hydrogens is 1120 g/mol. The number of nitrogens with zero attached hydrogens (tertiary/aromatic N) is 9. The average molecular weight is 1240 g/mol. The fourth-order valence-corrected chi connectivity index (χ4v) is 8.74. The number of aliphatic imine (C=N–C) groups is 6. The Morgan fingerprint density at radius 2 is 0.762 bits per heavy atom. The van der Waals surface area contributed by atoms with Gasteiger partial charge in [0.05, 0.1) is 53.8 Å². The van der Waals surface area contributed by atoms with E-state index in [4.69, 9.17) is 21.9 Å². The van der Waals surface area contributed by atoms with Crippen molar-refractivity contribution in [1.29, 1.82) is 0 Å². The molecule has 0 heterocycles. The molecule has 0 aliphatic heterocycles. The maximum atomic E-state index is 12.1. The molecule has 0 aromatic heterocycles. The van der Waals surface area contributed by atoms with E-state index in [1.165, 1.54) is 0 Å². The predicted molar refractivity (Wildman–Crippen MR) is 371 cm³/mol. The van der Waals surface area contributed by atoms with E-state index in [-0.39, 0.29) is 29.1 Å². The highest BCUT2D eigenvalue weighted by Gasteiger charge is 2.30. The third kappa shape index (κ3) is 79.5. The van der Waals surface area contributed by atoms with Crippen LogP contribution in [0.4, 0.5) is 0 Å². The summed E-state index contributed by atoms with van der Waals surface area (Å²) >= 11 is 0. The molecule has 21 nitrogen and oxygen atoms in total. The fraction of sp³-hybridized carbons (Fsp3) is 0.767. The Morgan fingerprint density at radius 3 is 1.08 bits per heavy atom. The van der Waals surface area contributed by atoms with Crippen molar-refractivity contribution in [2.75, 3.05) is 114 Å². The van der Waals surface area contributed by atoms with Gasteiger partial charge in [0.25, 0.3) is 0 Å². The normalized spacial score (nSPS) is 12.4. The quantitative estimate of drug-likeness (QED) is 0.0159. The topological polar surface area (TPSA) is 312 Å². The number of hydrazone groups is 1. The Bertz CT molecular complexity index is 2070. The van der Waals surface area contributed by atoms with E-state index in [1.807, 2.05) is 76.8 Å². The molecule has 24 heteroatoms. The molecule has 7 N–H and O–H groups in total. The molecule has 84 heavy (non-hydrogen) atoms. The van der Waals surface area contributed by atoms with Crippen molar-refractivity contribution in [3.05, 3.63) is 0 Å². The highest BCUT2D eigenvalue weighted by molar-refractivity contribution is 7.09. The molecule has 0 bridgehead atoms. The Balaban J connectivity index is -0.000000166. The minimum atomic E-state index is -1.67. The number of ether oxygens (including phenoxy) is 1. The summed E-state index contributed by atoms with van der Waals surface area (Å²) in [5, 5.41) is 10.6. The summed E-state index contributed by atoms with van der Waals surface area (Å²) < 4.78 is 4.77. The minimum Gasteiger partial charge on any atom is -0.466 e. The van der Waals surface area contributed by atoms with Gasteiger partial charge in [-0.25, -0.2) is 0 Å². The summed E-state index contributed by atoms with van der Waals surface area (Å²) in [6, 6.07) is 0. The van der Waals surface area contributed by atoms with Gasteiger partial charge in [0.15, 0.2) is 0 Å². The maximum Gasteiger partial charge on any atom is 0.311 e. The molecule has 0 rings (SSSR count). The lowest BCUT2D eigenvalue weighted by molar-refractivity contribution is -0.141. The molecular formula is C60H125N13O8Si3. The number of carbonyl (C=O) groups excluding carboxylic acids is 7. The highest BCUT2D eigenvalue weighted by Crippen LogP contribution is 2.13. The number of hydrogen-bond donors (Lipinski definition) is 4. The zero-order valence-corrected chi connectivity index (χ0v) is 61.2. The van der Waals surface area contributed by atoms with E-state index < -0.39 is 24.2 Å². The van der Waals surface area contributed by atoms with Crippen LogP contribution in [0.2, 0.25) is 58.9 Å². The second kappa shape index (κ2) is 57.5. The van der Waals surface area contributed by atoms with E-state index in [1.54, 1.807) is 39.6 Å². The first-order valence-corrected chi connectivity index (χ1v) is 39.9. The Morgan fingerprint density at radius 1 is 0.429 bits per heavy atom. The van der Waals surface area contributed by atoms with Crippen LogP contribution in [0.1, 0.15) is 134 Å². The number of ketones is 4. The van der Waals surface area contributed by atoms with E-state index in [9.17, 15) is 33.6 Å². The maximum absolute atomic E-state index is 12.1. The van der Waals surface area contributed by atoms with Gasteiger partial charge in [-0.2, -0.15) is 5.10 Å². The molecule has 0 aromatic rings. The van der Waals surface area contributed by atoms with Gasteiger partial charge < -0.3 is 46.8 Å². The van der Waals surface area contributed by atoms with Crippen LogP contribution in [0, 0.1) is 0 Å². The standard InChI is InChI=1S/C11H26N2OSi2.C9H20N2OSi.C9H18N2O.C9H17NO2.C8H16N2O.2C7H14N2O/c1-15(2,3)10(13-8-7-12)9-11(14)16(4,5)6;1-8(11-6-5-10)7-9(12)13(2,3)4;1-8(7-9(2)12)10-5-6-11(3)4;1-4-6-10-8(3)7-9(11)12-5-2;1-7(6-8(2)11)10-5-4-9-3;1-6(5-7(2)10)8-9(3)4;1-6(5-7(2)10)9-4-3-8/h7-9,12H2,1-6H3;5-7,10H2,1-4H3;5-7H2,1-4H3;4-7H2,1-3H3;9H,4-6H2,1-3H3;5H2,1-4H3;3-5,8H2,1-2H3/b;;;;;8-6+;. The summed E-state index contributed by atoms with van der Waals surface area (Å²) in [5.41, 5.74) is 21.4. The summed E-state index contributed by atoms with van der Waals surface area (Å²) in [4.78, 5) is 104. The number of nitrogens with two attached hydrogens (primary N) is 3. The molecule has 0 saturated heterocycles. The molecule has 0 fully saturated rings. The zero-order valence-electron chi connectivity index (χ0n) is 58.2. The van der Waals surface area contributed by atoms with Gasteiger partial charge in [0.2, 0.25) is 0 Å². The van der Waals surface area contributed by atoms with Crippen LogP contribution >= 0.6 is 0 Å². The zero-order chi connectivity index (χ0) is 67.2. The van der Waals surface area contributed by atoms with Gasteiger partial charge in [0, 0.05) is 131 Å². The Hall–Kier alpha value is -4.57. The van der Waals surface area contributed by atoms with Crippen LogP contribution in [-0.4, -0.2) is 227 Å². The van der Waals surface area contributed by atoms with Gasteiger partial charge in [-0.05, 0) is 104 Å². The Labute approximate surface area is 514 Å². The summed E-state index contributed by atoms with van der Waals surface area (Å²) in [6.07, 6.45) is 4.31. The van der Waals surface area contributed by atoms with Crippen LogP contribution in [0.3, 0.4) is 0 Å². The lowest BCUT2D eigenvalue weighted by atomic mass is 10.2. The van der Waals surface area contributed by atoms with Gasteiger partial charge in [-0.15, -0.1) is 0 Å². The highest BCUT2D eigenvalue weighted by atomic mass is 28.3. The number of likely N-dealkylation sites (N-methyl/N-ethyl adjacent to an activating group) is 2. The van der Waals surface area contributed by atoms with E-state index >= 15 is 0 Å². The molecule has 0 aliphatic carbocycles. The van der Waals surface area contributed by atoms with Crippen LogP contribution in [-0.2, 0) is 38.3 Å². The van der Waals surface area contributed by atoms with Crippen LogP contribution in [0.25, 0.3) is 0 Å². The molecule has 0 radical (unpaired) electrons. The number of carbonyl (C=O) groups is 7. The van der Waals surface area contributed by atoms with Crippen molar-refractivity contribution in [3.63, 3.8) is 0 Å². The first-order valence-electron chi connectivity index (χ1n) is 29.4. The smallest absolute Gasteiger partial charge is 0.311 e. The first kappa shape index (κ1) is 93.1. The van der Waals surface area contributed by atoms with E-state index in [2.05, 4.69) is 111 Å².